The molecule has 1 aromatic heterocycles. The summed E-state index contributed by atoms with van der Waals surface area (Å²) in [5.74, 6) is -0.602. The van der Waals surface area contributed by atoms with E-state index in [9.17, 15) is 14.0 Å². The summed E-state index contributed by atoms with van der Waals surface area (Å²) in [6.45, 7) is 3.32. The fraction of sp³-hybridized carbons (Fsp3) is 0.235. The molecule has 2 aliphatic heterocycles. The van der Waals surface area contributed by atoms with E-state index >= 15 is 0 Å². The van der Waals surface area contributed by atoms with E-state index in [4.69, 9.17) is 4.74 Å². The second-order valence-corrected chi connectivity index (χ2v) is 10.5. The van der Waals surface area contributed by atoms with Crippen molar-refractivity contribution in [3.63, 3.8) is 0 Å². The molecule has 202 valence electrons. The standard InChI is InChI=1S/C34H31FN2O3/c1-23-19-21-36(27-11-6-3-7-12-27)34(39)31-30(24-9-4-2-5-10-24)33(25-15-17-26(35)18-16-25)37(32(23)31)22-20-28-13-8-14-29(38)40-28/h2-12,14-18,23,28H,13,19-22H2,1H3. The third-order valence-corrected chi connectivity index (χ3v) is 7.87. The van der Waals surface area contributed by atoms with Crippen LogP contribution in [0.2, 0.25) is 0 Å². The summed E-state index contributed by atoms with van der Waals surface area (Å²) in [7, 11) is 0. The Hall–Kier alpha value is -4.45. The van der Waals surface area contributed by atoms with Gasteiger partial charge in [0.05, 0.1) is 11.3 Å². The minimum atomic E-state index is -0.326. The topological polar surface area (TPSA) is 51.5 Å². The number of halogens is 1. The van der Waals surface area contributed by atoms with Crippen LogP contribution in [-0.2, 0) is 16.1 Å². The Labute approximate surface area is 233 Å². The molecule has 5 nitrogen and oxygen atoms in total. The van der Waals surface area contributed by atoms with Gasteiger partial charge in [-0.15, -0.1) is 0 Å². The first-order valence-electron chi connectivity index (χ1n) is 13.8. The maximum absolute atomic E-state index is 14.6. The number of esters is 1. The second kappa shape index (κ2) is 11.0. The molecule has 2 atom stereocenters. The maximum atomic E-state index is 14.6. The molecule has 3 heterocycles. The fourth-order valence-electron chi connectivity index (χ4n) is 5.96. The third kappa shape index (κ3) is 4.86. The number of hydrogen-bond acceptors (Lipinski definition) is 3. The van der Waals surface area contributed by atoms with E-state index in [0.29, 0.717) is 31.5 Å². The van der Waals surface area contributed by atoms with Gasteiger partial charge in [0, 0.05) is 49.0 Å². The first kappa shape index (κ1) is 25.8. The van der Waals surface area contributed by atoms with Crippen LogP contribution in [0.15, 0.2) is 97.1 Å². The largest absolute Gasteiger partial charge is 0.459 e. The number of anilines is 1. The molecule has 40 heavy (non-hydrogen) atoms. The lowest BCUT2D eigenvalue weighted by molar-refractivity contribution is -0.144. The van der Waals surface area contributed by atoms with Gasteiger partial charge in [-0.2, -0.15) is 0 Å². The van der Waals surface area contributed by atoms with Crippen LogP contribution in [0.3, 0.4) is 0 Å². The predicted molar refractivity (Wildman–Crippen MR) is 155 cm³/mol. The van der Waals surface area contributed by atoms with Crippen LogP contribution in [0, 0.1) is 5.82 Å². The molecule has 0 bridgehead atoms. The number of carbonyl (C=O) groups excluding carboxylic acids is 2. The van der Waals surface area contributed by atoms with E-state index in [2.05, 4.69) is 11.5 Å². The molecule has 2 aliphatic rings. The molecule has 0 N–H and O–H groups in total. The zero-order valence-electron chi connectivity index (χ0n) is 22.4. The number of aromatic nitrogens is 1. The summed E-state index contributed by atoms with van der Waals surface area (Å²) >= 11 is 0. The molecule has 0 saturated heterocycles. The Balaban J connectivity index is 1.58. The Bertz CT molecular complexity index is 1560. The summed E-state index contributed by atoms with van der Waals surface area (Å²) in [5.41, 5.74) is 6.01. The van der Waals surface area contributed by atoms with E-state index in [1.54, 1.807) is 12.1 Å². The Kier molecular flexibility index (Phi) is 7.08. The summed E-state index contributed by atoms with van der Waals surface area (Å²) < 4.78 is 21.9. The van der Waals surface area contributed by atoms with Gasteiger partial charge in [-0.25, -0.2) is 9.18 Å². The van der Waals surface area contributed by atoms with E-state index in [1.165, 1.54) is 18.2 Å². The van der Waals surface area contributed by atoms with Crippen molar-refractivity contribution in [3.8, 4) is 22.4 Å². The number of para-hydroxylation sites is 1. The molecule has 6 rings (SSSR count). The number of amides is 1. The van der Waals surface area contributed by atoms with Gasteiger partial charge in [0.2, 0.25) is 0 Å². The molecule has 0 radical (unpaired) electrons. The van der Waals surface area contributed by atoms with Crippen molar-refractivity contribution in [2.75, 3.05) is 11.4 Å². The van der Waals surface area contributed by atoms with Crippen LogP contribution >= 0.6 is 0 Å². The number of benzene rings is 3. The van der Waals surface area contributed by atoms with Crippen molar-refractivity contribution in [1.29, 1.82) is 0 Å². The van der Waals surface area contributed by atoms with E-state index < -0.39 is 0 Å². The molecule has 4 aromatic rings. The lowest BCUT2D eigenvalue weighted by Crippen LogP contribution is -2.30. The van der Waals surface area contributed by atoms with Crippen LogP contribution < -0.4 is 4.90 Å². The first-order valence-corrected chi connectivity index (χ1v) is 13.8. The van der Waals surface area contributed by atoms with Gasteiger partial charge in [0.25, 0.3) is 5.91 Å². The third-order valence-electron chi connectivity index (χ3n) is 7.87. The number of hydrogen-bond donors (Lipinski definition) is 0. The second-order valence-electron chi connectivity index (χ2n) is 10.5. The quantitative estimate of drug-likeness (QED) is 0.243. The summed E-state index contributed by atoms with van der Waals surface area (Å²) in [5, 5.41) is 0. The molecule has 1 amide bonds. The summed E-state index contributed by atoms with van der Waals surface area (Å²) in [6.07, 6.45) is 5.12. The van der Waals surface area contributed by atoms with Crippen molar-refractivity contribution in [1.82, 2.24) is 4.57 Å². The van der Waals surface area contributed by atoms with Crippen LogP contribution in [0.4, 0.5) is 10.1 Å². The van der Waals surface area contributed by atoms with Crippen molar-refractivity contribution >= 4 is 17.6 Å². The van der Waals surface area contributed by atoms with Gasteiger partial charge in [-0.3, -0.25) is 4.79 Å². The Morgan fingerprint density at radius 3 is 2.27 bits per heavy atom. The van der Waals surface area contributed by atoms with E-state index in [0.717, 1.165) is 40.2 Å². The molecule has 0 saturated carbocycles. The minimum absolute atomic E-state index is 0.0430. The molecule has 6 heteroatoms. The normalized spacial score (nSPS) is 18.8. The molecule has 3 aromatic carbocycles. The lowest BCUT2D eigenvalue weighted by Gasteiger charge is -2.23. The van der Waals surface area contributed by atoms with Crippen LogP contribution in [0.25, 0.3) is 22.4 Å². The van der Waals surface area contributed by atoms with Gasteiger partial charge in [0.1, 0.15) is 11.9 Å². The lowest BCUT2D eigenvalue weighted by atomic mass is 9.94. The molecule has 0 aliphatic carbocycles. The minimum Gasteiger partial charge on any atom is -0.459 e. The average molecular weight is 535 g/mol. The summed E-state index contributed by atoms with van der Waals surface area (Å²) in [4.78, 5) is 28.4. The summed E-state index contributed by atoms with van der Waals surface area (Å²) in [6, 6.07) is 26.2. The number of nitrogens with zero attached hydrogens (tertiary/aromatic N) is 2. The van der Waals surface area contributed by atoms with Gasteiger partial charge in [0.15, 0.2) is 0 Å². The number of rotatable bonds is 6. The molecule has 0 fully saturated rings. The van der Waals surface area contributed by atoms with Crippen molar-refractivity contribution in [3.05, 3.63) is 114 Å². The highest BCUT2D eigenvalue weighted by atomic mass is 19.1. The number of cyclic esters (lactones) is 1. The highest BCUT2D eigenvalue weighted by molar-refractivity contribution is 6.14. The SMILES string of the molecule is CC1CCN(c2ccccc2)C(=O)c2c(-c3ccccc3)c(-c3ccc(F)cc3)n(CCC3CC=CC(=O)O3)c21. The van der Waals surface area contributed by atoms with Gasteiger partial charge < -0.3 is 14.2 Å². The van der Waals surface area contributed by atoms with Crippen LogP contribution in [-0.4, -0.2) is 29.1 Å². The van der Waals surface area contributed by atoms with Crippen LogP contribution in [0.1, 0.15) is 48.2 Å². The van der Waals surface area contributed by atoms with Gasteiger partial charge >= 0.3 is 5.97 Å². The Morgan fingerprint density at radius 1 is 0.875 bits per heavy atom. The molecule has 2 unspecified atom stereocenters. The van der Waals surface area contributed by atoms with Crippen molar-refractivity contribution in [2.24, 2.45) is 0 Å². The smallest absolute Gasteiger partial charge is 0.330 e. The highest BCUT2D eigenvalue weighted by Gasteiger charge is 2.36. The monoisotopic (exact) mass is 534 g/mol. The van der Waals surface area contributed by atoms with E-state index in [-0.39, 0.29) is 29.7 Å². The molecule has 0 spiro atoms. The van der Waals surface area contributed by atoms with Crippen molar-refractivity contribution in [2.45, 2.75) is 44.8 Å². The number of carbonyl (C=O) groups is 2. The van der Waals surface area contributed by atoms with Gasteiger partial charge in [-0.05, 0) is 59.9 Å². The maximum Gasteiger partial charge on any atom is 0.330 e. The Morgan fingerprint density at radius 2 is 1.57 bits per heavy atom. The highest BCUT2D eigenvalue weighted by Crippen LogP contribution is 2.45. The van der Waals surface area contributed by atoms with Gasteiger partial charge in [-0.1, -0.05) is 61.5 Å². The average Bonchev–Trinajstić information content (AvgIpc) is 3.26. The molecular formula is C34H31FN2O3. The predicted octanol–water partition coefficient (Wildman–Crippen LogP) is 7.38. The molecular weight excluding hydrogens is 503 g/mol. The first-order chi connectivity index (χ1) is 19.5. The number of ether oxygens (including phenoxy) is 1. The number of fused-ring (bicyclic) bond motifs is 1. The van der Waals surface area contributed by atoms with E-state index in [1.807, 2.05) is 71.6 Å². The zero-order chi connectivity index (χ0) is 27.6. The zero-order valence-corrected chi connectivity index (χ0v) is 22.4. The fourth-order valence-corrected chi connectivity index (χ4v) is 5.96. The van der Waals surface area contributed by atoms with Crippen molar-refractivity contribution < 1.29 is 18.7 Å². The van der Waals surface area contributed by atoms with Crippen LogP contribution in [0.5, 0.6) is 0 Å².